The first kappa shape index (κ1) is 37.6. The standard InChI is InChI=1S/C65H41NO/c1-3-19-42(20-4-1)43-37-39-45(40-38-43)66(59-34-17-33-58-62(59)52-29-13-16-32-57(52)65(58)55-30-14-11-26-49(55)50-27-12-15-31-56(50)65)60-35-18-36-61-63(60)54-41-53(48-25-9-10-28-51(48)64(54)67-61)47-24-8-7-23-46(47)44-21-5-2-6-22-44/h1-41H. The zero-order valence-electron chi connectivity index (χ0n) is 36.5. The molecule has 1 heterocycles. The summed E-state index contributed by atoms with van der Waals surface area (Å²) < 4.78 is 7.09. The quantitative estimate of drug-likeness (QED) is 0.166. The molecule has 0 amide bonds. The molecule has 0 radical (unpaired) electrons. The van der Waals surface area contributed by atoms with Crippen molar-refractivity contribution in [3.05, 3.63) is 271 Å². The summed E-state index contributed by atoms with van der Waals surface area (Å²) in [5.41, 5.74) is 22.0. The highest BCUT2D eigenvalue weighted by atomic mass is 16.3. The third-order valence-corrected chi connectivity index (χ3v) is 14.5. The van der Waals surface area contributed by atoms with Crippen molar-refractivity contribution in [2.75, 3.05) is 4.90 Å². The van der Waals surface area contributed by atoms with E-state index in [1.165, 1.54) is 77.9 Å². The largest absolute Gasteiger partial charge is 0.455 e. The fourth-order valence-electron chi connectivity index (χ4n) is 11.8. The van der Waals surface area contributed by atoms with E-state index in [9.17, 15) is 0 Å². The molecule has 0 N–H and O–H groups in total. The first-order valence-electron chi connectivity index (χ1n) is 23.2. The Morgan fingerprint density at radius 3 is 1.52 bits per heavy atom. The van der Waals surface area contributed by atoms with Crippen molar-refractivity contribution in [1.82, 2.24) is 0 Å². The minimum atomic E-state index is -0.480. The van der Waals surface area contributed by atoms with Crippen molar-refractivity contribution >= 4 is 49.8 Å². The summed E-state index contributed by atoms with van der Waals surface area (Å²) >= 11 is 0. The average molecular weight is 852 g/mol. The fourth-order valence-corrected chi connectivity index (χ4v) is 11.8. The second-order valence-corrected chi connectivity index (χ2v) is 17.8. The van der Waals surface area contributed by atoms with E-state index in [-0.39, 0.29) is 0 Å². The van der Waals surface area contributed by atoms with Gasteiger partial charge in [0.25, 0.3) is 0 Å². The van der Waals surface area contributed by atoms with Crippen LogP contribution >= 0.6 is 0 Å². The van der Waals surface area contributed by atoms with E-state index >= 15 is 0 Å². The Morgan fingerprint density at radius 1 is 0.313 bits per heavy atom. The molecule has 2 nitrogen and oxygen atoms in total. The van der Waals surface area contributed by atoms with E-state index in [1.807, 2.05) is 0 Å². The molecule has 0 atom stereocenters. The highest BCUT2D eigenvalue weighted by Gasteiger charge is 2.52. The van der Waals surface area contributed by atoms with Crippen molar-refractivity contribution < 1.29 is 4.42 Å². The number of benzene rings is 11. The first-order valence-corrected chi connectivity index (χ1v) is 23.2. The Hall–Kier alpha value is -8.72. The number of fused-ring (bicyclic) bond motifs is 15. The molecule has 0 bridgehead atoms. The van der Waals surface area contributed by atoms with E-state index in [4.69, 9.17) is 4.42 Å². The number of rotatable bonds is 6. The molecule has 1 aromatic heterocycles. The lowest BCUT2D eigenvalue weighted by Crippen LogP contribution is -2.26. The number of nitrogens with zero attached hydrogens (tertiary/aromatic N) is 1. The maximum absolute atomic E-state index is 7.09. The highest BCUT2D eigenvalue weighted by molar-refractivity contribution is 6.23. The summed E-state index contributed by atoms with van der Waals surface area (Å²) in [4.78, 5) is 2.50. The van der Waals surface area contributed by atoms with Crippen LogP contribution in [-0.2, 0) is 5.41 Å². The topological polar surface area (TPSA) is 16.4 Å². The third kappa shape index (κ3) is 5.39. The molecule has 0 unspecified atom stereocenters. The summed E-state index contributed by atoms with van der Waals surface area (Å²) in [6.45, 7) is 0. The molecular formula is C65H41NO. The Bertz CT molecular complexity index is 3870. The molecule has 11 aromatic carbocycles. The lowest BCUT2D eigenvalue weighted by atomic mass is 9.70. The van der Waals surface area contributed by atoms with Crippen molar-refractivity contribution in [2.45, 2.75) is 5.41 Å². The van der Waals surface area contributed by atoms with Gasteiger partial charge < -0.3 is 9.32 Å². The predicted molar refractivity (Wildman–Crippen MR) is 279 cm³/mol. The summed E-state index contributed by atoms with van der Waals surface area (Å²) in [5, 5.41) is 4.40. The zero-order valence-corrected chi connectivity index (χ0v) is 36.5. The molecule has 14 rings (SSSR count). The van der Waals surface area contributed by atoms with Gasteiger partial charge in [0.05, 0.1) is 22.2 Å². The summed E-state index contributed by atoms with van der Waals surface area (Å²) in [7, 11) is 0. The second-order valence-electron chi connectivity index (χ2n) is 17.8. The average Bonchev–Trinajstić information content (AvgIpc) is 4.04. The lowest BCUT2D eigenvalue weighted by molar-refractivity contribution is 0.672. The third-order valence-electron chi connectivity index (χ3n) is 14.5. The van der Waals surface area contributed by atoms with Crippen molar-refractivity contribution in [3.63, 3.8) is 0 Å². The zero-order chi connectivity index (χ0) is 44.1. The summed E-state index contributed by atoms with van der Waals surface area (Å²) in [6.07, 6.45) is 0. The van der Waals surface area contributed by atoms with Crippen LogP contribution in [0, 0.1) is 0 Å². The smallest absolute Gasteiger partial charge is 0.143 e. The van der Waals surface area contributed by atoms with Crippen LogP contribution in [0.25, 0.3) is 88.3 Å². The Kier molecular flexibility index (Phi) is 8.23. The monoisotopic (exact) mass is 851 g/mol. The van der Waals surface area contributed by atoms with Gasteiger partial charge >= 0.3 is 0 Å². The van der Waals surface area contributed by atoms with Gasteiger partial charge in [0, 0.05) is 22.0 Å². The summed E-state index contributed by atoms with van der Waals surface area (Å²) in [5.74, 6) is 0. The molecule has 0 fully saturated rings. The SMILES string of the molecule is c1ccc(-c2ccc(N(c3cccc4c3-c3ccccc3C43c4ccccc4-c4ccccc43)c3cccc4oc5c6ccccc6c(-c6ccccc6-c6ccccc6)cc5c34)cc2)cc1. The first-order chi connectivity index (χ1) is 33.3. The number of hydrogen-bond acceptors (Lipinski definition) is 2. The Balaban J connectivity index is 1.07. The van der Waals surface area contributed by atoms with Crippen LogP contribution in [0.5, 0.6) is 0 Å². The molecular weight excluding hydrogens is 811 g/mol. The van der Waals surface area contributed by atoms with Gasteiger partial charge in [-0.05, 0) is 114 Å². The van der Waals surface area contributed by atoms with Crippen molar-refractivity contribution in [2.24, 2.45) is 0 Å². The molecule has 0 aliphatic heterocycles. The van der Waals surface area contributed by atoms with Crippen LogP contribution in [0.2, 0.25) is 0 Å². The molecule has 0 saturated carbocycles. The van der Waals surface area contributed by atoms with Gasteiger partial charge in [-0.1, -0.05) is 212 Å². The normalized spacial score (nSPS) is 12.9. The van der Waals surface area contributed by atoms with E-state index in [2.05, 4.69) is 254 Å². The van der Waals surface area contributed by atoms with E-state index in [0.29, 0.717) is 0 Å². The van der Waals surface area contributed by atoms with E-state index in [1.54, 1.807) is 0 Å². The van der Waals surface area contributed by atoms with Crippen molar-refractivity contribution in [3.8, 4) is 55.6 Å². The van der Waals surface area contributed by atoms with Gasteiger partial charge in [-0.25, -0.2) is 0 Å². The van der Waals surface area contributed by atoms with Crippen LogP contribution < -0.4 is 4.90 Å². The van der Waals surface area contributed by atoms with E-state index in [0.717, 1.165) is 49.8 Å². The van der Waals surface area contributed by atoms with Crippen LogP contribution in [0.1, 0.15) is 22.3 Å². The molecule has 12 aromatic rings. The van der Waals surface area contributed by atoms with Gasteiger partial charge in [-0.3, -0.25) is 0 Å². The highest BCUT2D eigenvalue weighted by Crippen LogP contribution is 2.65. The van der Waals surface area contributed by atoms with Crippen molar-refractivity contribution in [1.29, 1.82) is 0 Å². The molecule has 2 aliphatic carbocycles. The minimum Gasteiger partial charge on any atom is -0.455 e. The molecule has 67 heavy (non-hydrogen) atoms. The maximum atomic E-state index is 7.09. The second kappa shape index (κ2) is 14.7. The van der Waals surface area contributed by atoms with Crippen LogP contribution in [0.4, 0.5) is 17.1 Å². The van der Waals surface area contributed by atoms with Gasteiger partial charge in [0.1, 0.15) is 11.2 Å². The van der Waals surface area contributed by atoms with Gasteiger partial charge in [0.15, 0.2) is 0 Å². The molecule has 2 aliphatic rings. The van der Waals surface area contributed by atoms with Gasteiger partial charge in [0.2, 0.25) is 0 Å². The number of furan rings is 1. The van der Waals surface area contributed by atoms with Crippen LogP contribution in [0.15, 0.2) is 253 Å². The van der Waals surface area contributed by atoms with E-state index < -0.39 is 5.41 Å². The number of anilines is 3. The maximum Gasteiger partial charge on any atom is 0.143 e. The molecule has 2 heteroatoms. The molecule has 312 valence electrons. The lowest BCUT2D eigenvalue weighted by Gasteiger charge is -2.32. The van der Waals surface area contributed by atoms with Crippen LogP contribution in [0.3, 0.4) is 0 Å². The molecule has 0 saturated heterocycles. The van der Waals surface area contributed by atoms with Gasteiger partial charge in [-0.15, -0.1) is 0 Å². The summed E-state index contributed by atoms with van der Waals surface area (Å²) in [6, 6.07) is 91.1. The minimum absolute atomic E-state index is 0.480. The number of hydrogen-bond donors (Lipinski definition) is 0. The van der Waals surface area contributed by atoms with Crippen LogP contribution in [-0.4, -0.2) is 0 Å². The fraction of sp³-hybridized carbons (Fsp3) is 0.0154. The molecule has 1 spiro atoms. The predicted octanol–water partition coefficient (Wildman–Crippen LogP) is 17.6. The Morgan fingerprint density at radius 2 is 0.821 bits per heavy atom. The Labute approximate surface area is 389 Å². The van der Waals surface area contributed by atoms with Gasteiger partial charge in [-0.2, -0.15) is 0 Å².